The number of aldehydes is 1. The van der Waals surface area contributed by atoms with E-state index in [0.29, 0.717) is 5.56 Å². The topological polar surface area (TPSA) is 17.1 Å². The van der Waals surface area contributed by atoms with Gasteiger partial charge >= 0.3 is 0 Å². The van der Waals surface area contributed by atoms with Crippen LogP contribution in [-0.2, 0) is 0 Å². The number of hydrogen-bond acceptors (Lipinski definition) is 1. The van der Waals surface area contributed by atoms with Gasteiger partial charge < -0.3 is 0 Å². The van der Waals surface area contributed by atoms with Crippen LogP contribution >= 0.6 is 15.9 Å². The Hall–Kier alpha value is -1.15. The van der Waals surface area contributed by atoms with Crippen molar-refractivity contribution >= 4 is 33.0 Å². The Balaban J connectivity index is 2.94. The zero-order valence-corrected chi connectivity index (χ0v) is 9.34. The highest BCUT2D eigenvalue weighted by atomic mass is 79.9. The highest BCUT2D eigenvalue weighted by Gasteiger charge is 2.06. The molecule has 0 aromatic heterocycles. The van der Waals surface area contributed by atoms with Crippen LogP contribution in [0.3, 0.4) is 0 Å². The van der Waals surface area contributed by atoms with Gasteiger partial charge in [-0.05, 0) is 45.3 Å². The van der Waals surface area contributed by atoms with Crippen LogP contribution in [0.15, 0.2) is 34.8 Å². The average molecular weight is 249 g/mol. The normalized spacial score (nSPS) is 10.4. The molecule has 0 aliphatic heterocycles. The van der Waals surface area contributed by atoms with Crippen molar-refractivity contribution in [3.63, 3.8) is 0 Å². The van der Waals surface area contributed by atoms with Gasteiger partial charge in [-0.2, -0.15) is 0 Å². The first-order valence-corrected chi connectivity index (χ1v) is 5.16. The van der Waals surface area contributed by atoms with E-state index in [4.69, 9.17) is 0 Å². The largest absolute Gasteiger partial charge is 0.298 e. The van der Waals surface area contributed by atoms with Crippen LogP contribution in [0.2, 0.25) is 0 Å². The van der Waals surface area contributed by atoms with Crippen molar-refractivity contribution in [3.8, 4) is 0 Å². The summed E-state index contributed by atoms with van der Waals surface area (Å²) in [7, 11) is 0. The van der Waals surface area contributed by atoms with Gasteiger partial charge in [-0.3, -0.25) is 4.79 Å². The third-order valence-electron chi connectivity index (χ3n) is 2.34. The molecule has 0 unspecified atom stereocenters. The first-order chi connectivity index (χ1) is 6.74. The molecule has 1 nitrogen and oxygen atoms in total. The molecule has 0 heterocycles. The van der Waals surface area contributed by atoms with E-state index in [9.17, 15) is 4.79 Å². The molecule has 0 aliphatic carbocycles. The van der Waals surface area contributed by atoms with E-state index >= 15 is 0 Å². The summed E-state index contributed by atoms with van der Waals surface area (Å²) in [6.45, 7) is 2.02. The Morgan fingerprint density at radius 1 is 1.21 bits per heavy atom. The molecule has 2 rings (SSSR count). The van der Waals surface area contributed by atoms with E-state index in [-0.39, 0.29) is 0 Å². The van der Waals surface area contributed by atoms with E-state index in [1.807, 2.05) is 31.2 Å². The fraction of sp³-hybridized carbons (Fsp3) is 0.0833. The third kappa shape index (κ3) is 1.36. The fourth-order valence-corrected chi connectivity index (χ4v) is 2.19. The van der Waals surface area contributed by atoms with E-state index in [1.165, 1.54) is 5.39 Å². The molecule has 0 aliphatic rings. The maximum atomic E-state index is 10.8. The highest BCUT2D eigenvalue weighted by molar-refractivity contribution is 9.10. The summed E-state index contributed by atoms with van der Waals surface area (Å²) >= 11 is 3.44. The maximum Gasteiger partial charge on any atom is 0.151 e. The number of benzene rings is 2. The minimum absolute atomic E-state index is 0.709. The van der Waals surface area contributed by atoms with Crippen molar-refractivity contribution in [2.45, 2.75) is 6.92 Å². The zero-order chi connectivity index (χ0) is 10.1. The molecule has 0 atom stereocenters. The second-order valence-electron chi connectivity index (χ2n) is 3.26. The van der Waals surface area contributed by atoms with Crippen LogP contribution in [0, 0.1) is 6.92 Å². The van der Waals surface area contributed by atoms with Gasteiger partial charge in [-0.1, -0.05) is 24.3 Å². The molecule has 0 radical (unpaired) electrons. The van der Waals surface area contributed by atoms with Gasteiger partial charge in [0.2, 0.25) is 0 Å². The molecule has 0 spiro atoms. The number of rotatable bonds is 1. The predicted molar refractivity (Wildman–Crippen MR) is 61.8 cm³/mol. The fourth-order valence-electron chi connectivity index (χ4n) is 1.63. The van der Waals surface area contributed by atoms with E-state index in [0.717, 1.165) is 21.7 Å². The number of halogens is 1. The van der Waals surface area contributed by atoms with Crippen molar-refractivity contribution in [2.75, 3.05) is 0 Å². The van der Waals surface area contributed by atoms with Gasteiger partial charge in [-0.25, -0.2) is 0 Å². The molecule has 0 amide bonds. The summed E-state index contributed by atoms with van der Waals surface area (Å²) in [6, 6.07) is 9.95. The summed E-state index contributed by atoms with van der Waals surface area (Å²) < 4.78 is 0.883. The molecular formula is C12H9BrO. The lowest BCUT2D eigenvalue weighted by Gasteiger charge is -2.06. The van der Waals surface area contributed by atoms with Gasteiger partial charge in [0.15, 0.2) is 6.29 Å². The summed E-state index contributed by atoms with van der Waals surface area (Å²) in [4.78, 5) is 10.8. The summed E-state index contributed by atoms with van der Waals surface area (Å²) in [5.41, 5.74) is 1.84. The number of fused-ring (bicyclic) bond motifs is 1. The SMILES string of the molecule is Cc1cc(C=O)c(Br)c2ccccc12. The first kappa shape index (κ1) is 9.41. The van der Waals surface area contributed by atoms with Crippen molar-refractivity contribution in [3.05, 3.63) is 45.9 Å². The highest BCUT2D eigenvalue weighted by Crippen LogP contribution is 2.29. The van der Waals surface area contributed by atoms with Crippen LogP contribution in [-0.4, -0.2) is 6.29 Å². The lowest BCUT2D eigenvalue weighted by atomic mass is 10.0. The van der Waals surface area contributed by atoms with Crippen molar-refractivity contribution in [1.82, 2.24) is 0 Å². The molecular weight excluding hydrogens is 240 g/mol. The average Bonchev–Trinajstić information content (AvgIpc) is 2.23. The van der Waals surface area contributed by atoms with Gasteiger partial charge in [0.1, 0.15) is 0 Å². The van der Waals surface area contributed by atoms with Gasteiger partial charge in [0.25, 0.3) is 0 Å². The van der Waals surface area contributed by atoms with Crippen LogP contribution in [0.1, 0.15) is 15.9 Å². The molecule has 0 saturated carbocycles. The minimum Gasteiger partial charge on any atom is -0.298 e. The quantitative estimate of drug-likeness (QED) is 0.704. The van der Waals surface area contributed by atoms with E-state index in [1.54, 1.807) is 0 Å². The van der Waals surface area contributed by atoms with Gasteiger partial charge in [0.05, 0.1) is 0 Å². The first-order valence-electron chi connectivity index (χ1n) is 4.37. The maximum absolute atomic E-state index is 10.8. The second-order valence-corrected chi connectivity index (χ2v) is 4.05. The molecule has 2 aromatic rings. The third-order valence-corrected chi connectivity index (χ3v) is 3.23. The molecule has 0 fully saturated rings. The van der Waals surface area contributed by atoms with Gasteiger partial charge in [0, 0.05) is 10.0 Å². The Morgan fingerprint density at radius 2 is 1.86 bits per heavy atom. The molecule has 70 valence electrons. The van der Waals surface area contributed by atoms with Crippen molar-refractivity contribution in [2.24, 2.45) is 0 Å². The summed E-state index contributed by atoms with van der Waals surface area (Å²) in [5.74, 6) is 0. The molecule has 0 bridgehead atoms. The monoisotopic (exact) mass is 248 g/mol. The second kappa shape index (κ2) is 3.54. The Labute approximate surface area is 90.9 Å². The molecule has 0 N–H and O–H groups in total. The van der Waals surface area contributed by atoms with Crippen molar-refractivity contribution in [1.29, 1.82) is 0 Å². The Morgan fingerprint density at radius 3 is 2.50 bits per heavy atom. The van der Waals surface area contributed by atoms with Gasteiger partial charge in [-0.15, -0.1) is 0 Å². The van der Waals surface area contributed by atoms with E-state index in [2.05, 4.69) is 22.0 Å². The standard InChI is InChI=1S/C12H9BrO/c1-8-6-9(7-14)12(13)11-5-3-2-4-10(8)11/h2-7H,1H3. The molecule has 0 saturated heterocycles. The minimum atomic E-state index is 0.709. The zero-order valence-electron chi connectivity index (χ0n) is 7.75. The number of carbonyl (C=O) groups is 1. The van der Waals surface area contributed by atoms with Crippen LogP contribution in [0.5, 0.6) is 0 Å². The number of hydrogen-bond donors (Lipinski definition) is 0. The number of carbonyl (C=O) groups excluding carboxylic acids is 1. The Kier molecular flexibility index (Phi) is 2.38. The number of aryl methyl sites for hydroxylation is 1. The summed E-state index contributed by atoms with van der Waals surface area (Å²) in [5, 5.41) is 2.28. The summed E-state index contributed by atoms with van der Waals surface area (Å²) in [6.07, 6.45) is 0.878. The molecule has 2 aromatic carbocycles. The lowest BCUT2D eigenvalue weighted by molar-refractivity contribution is 0.112. The predicted octanol–water partition coefficient (Wildman–Crippen LogP) is 3.72. The van der Waals surface area contributed by atoms with Crippen LogP contribution < -0.4 is 0 Å². The van der Waals surface area contributed by atoms with E-state index < -0.39 is 0 Å². The Bertz CT molecular complexity index is 503. The van der Waals surface area contributed by atoms with Crippen molar-refractivity contribution < 1.29 is 4.79 Å². The smallest absolute Gasteiger partial charge is 0.151 e. The molecule has 14 heavy (non-hydrogen) atoms. The van der Waals surface area contributed by atoms with Crippen LogP contribution in [0.4, 0.5) is 0 Å². The molecule has 2 heteroatoms. The van der Waals surface area contributed by atoms with Crippen LogP contribution in [0.25, 0.3) is 10.8 Å². The lowest BCUT2D eigenvalue weighted by Crippen LogP contribution is -1.87.